The molecule has 0 fully saturated rings. The summed E-state index contributed by atoms with van der Waals surface area (Å²) in [7, 11) is -4.75. The predicted octanol–water partition coefficient (Wildman–Crippen LogP) is 10.8. The molecule has 0 aliphatic carbocycles. The summed E-state index contributed by atoms with van der Waals surface area (Å²) >= 11 is 0. The first-order valence-electron chi connectivity index (χ1n) is 18.6. The molecule has 0 aliphatic rings. The van der Waals surface area contributed by atoms with Crippen molar-refractivity contribution in [3.63, 3.8) is 0 Å². The fraction of sp³-hybridized carbons (Fsp3) is 0.838. The van der Waals surface area contributed by atoms with Gasteiger partial charge < -0.3 is 19.3 Å². The molecule has 0 heterocycles. The molecule has 0 rings (SSSR count). The molecule has 0 spiro atoms. The summed E-state index contributed by atoms with van der Waals surface area (Å²) in [5, 5.41) is 0. The van der Waals surface area contributed by atoms with Gasteiger partial charge in [-0.15, -0.1) is 6.58 Å². The Bertz CT molecular complexity index is 794. The van der Waals surface area contributed by atoms with Crippen LogP contribution >= 0.6 is 7.82 Å². The van der Waals surface area contributed by atoms with E-state index in [-0.39, 0.29) is 19.4 Å². The van der Waals surface area contributed by atoms with Gasteiger partial charge in [-0.1, -0.05) is 134 Å². The van der Waals surface area contributed by atoms with E-state index >= 15 is 0 Å². The number of allylic oxidation sites excluding steroid dienone is 3. The molecule has 0 aliphatic heterocycles. The third-order valence-electron chi connectivity index (χ3n) is 8.09. The first-order chi connectivity index (χ1) is 22.3. The van der Waals surface area contributed by atoms with Crippen molar-refractivity contribution in [1.29, 1.82) is 0 Å². The minimum Gasteiger partial charge on any atom is -0.462 e. The van der Waals surface area contributed by atoms with Gasteiger partial charge in [0.1, 0.15) is 6.61 Å². The second-order valence-corrected chi connectivity index (χ2v) is 13.9. The van der Waals surface area contributed by atoms with Gasteiger partial charge >= 0.3 is 19.8 Å². The molecule has 0 amide bonds. The first kappa shape index (κ1) is 44.5. The zero-order chi connectivity index (χ0) is 34.0. The van der Waals surface area contributed by atoms with Gasteiger partial charge in [0.05, 0.1) is 6.61 Å². The lowest BCUT2D eigenvalue weighted by atomic mass is 10.0. The Morgan fingerprint density at radius 1 is 0.609 bits per heavy atom. The molecule has 1 atom stereocenters. The molecule has 270 valence electrons. The Morgan fingerprint density at radius 3 is 1.48 bits per heavy atom. The number of hydrogen-bond acceptors (Lipinski definition) is 6. The van der Waals surface area contributed by atoms with E-state index in [4.69, 9.17) is 19.3 Å². The number of unbranched alkanes of at least 4 members (excludes halogenated alkanes) is 22. The highest BCUT2D eigenvalue weighted by atomic mass is 31.2. The van der Waals surface area contributed by atoms with Gasteiger partial charge in [0.25, 0.3) is 0 Å². The fourth-order valence-electron chi connectivity index (χ4n) is 5.29. The van der Waals surface area contributed by atoms with Crippen LogP contribution in [0.3, 0.4) is 0 Å². The summed E-state index contributed by atoms with van der Waals surface area (Å²) in [6.07, 6.45) is 35.0. The molecule has 0 bridgehead atoms. The van der Waals surface area contributed by atoms with Gasteiger partial charge in [0.2, 0.25) is 0 Å². The number of esters is 2. The van der Waals surface area contributed by atoms with E-state index in [0.717, 1.165) is 57.8 Å². The van der Waals surface area contributed by atoms with Crippen LogP contribution in [0.1, 0.15) is 180 Å². The van der Waals surface area contributed by atoms with Crippen LogP contribution in [0.4, 0.5) is 0 Å². The summed E-state index contributed by atoms with van der Waals surface area (Å²) in [6, 6.07) is 0. The predicted molar refractivity (Wildman–Crippen MR) is 189 cm³/mol. The average Bonchev–Trinajstić information content (AvgIpc) is 3.02. The van der Waals surface area contributed by atoms with Crippen LogP contribution < -0.4 is 0 Å². The minimum absolute atomic E-state index is 0.203. The van der Waals surface area contributed by atoms with Crippen molar-refractivity contribution in [2.45, 2.75) is 186 Å². The molecule has 0 radical (unpaired) electrons. The van der Waals surface area contributed by atoms with Gasteiger partial charge in [-0.2, -0.15) is 0 Å². The second-order valence-electron chi connectivity index (χ2n) is 12.6. The molecule has 0 aromatic carbocycles. The molecule has 2 N–H and O–H groups in total. The zero-order valence-corrected chi connectivity index (χ0v) is 30.2. The lowest BCUT2D eigenvalue weighted by Crippen LogP contribution is -2.29. The Labute approximate surface area is 281 Å². The number of phosphoric acid groups is 1. The molecule has 0 aromatic rings. The Hall–Kier alpha value is -1.47. The maximum Gasteiger partial charge on any atom is 0.469 e. The van der Waals surface area contributed by atoms with E-state index in [9.17, 15) is 14.2 Å². The largest absolute Gasteiger partial charge is 0.469 e. The highest BCUT2D eigenvalue weighted by Crippen LogP contribution is 2.36. The quantitative estimate of drug-likeness (QED) is 0.0295. The van der Waals surface area contributed by atoms with Crippen LogP contribution in [0, 0.1) is 0 Å². The zero-order valence-electron chi connectivity index (χ0n) is 29.3. The molecule has 0 saturated heterocycles. The third kappa shape index (κ3) is 35.4. The first-order valence-corrected chi connectivity index (χ1v) is 20.1. The Balaban J connectivity index is 3.94. The van der Waals surface area contributed by atoms with Crippen molar-refractivity contribution in [3.8, 4) is 0 Å². The lowest BCUT2D eigenvalue weighted by molar-refractivity contribution is -0.161. The van der Waals surface area contributed by atoms with Crippen molar-refractivity contribution in [2.24, 2.45) is 0 Å². The smallest absolute Gasteiger partial charge is 0.462 e. The van der Waals surface area contributed by atoms with E-state index in [1.54, 1.807) is 0 Å². The van der Waals surface area contributed by atoms with Crippen LogP contribution in [0.5, 0.6) is 0 Å². The summed E-state index contributed by atoms with van der Waals surface area (Å²) in [4.78, 5) is 42.6. The number of carbonyl (C=O) groups is 2. The number of hydrogen-bond donors (Lipinski definition) is 2. The molecule has 0 aromatic heterocycles. The maximum atomic E-state index is 12.3. The average molecular weight is 673 g/mol. The van der Waals surface area contributed by atoms with Crippen LogP contribution in [0.2, 0.25) is 0 Å². The molecule has 0 saturated carbocycles. The Morgan fingerprint density at radius 2 is 1.02 bits per heavy atom. The summed E-state index contributed by atoms with van der Waals surface area (Å²) < 4.78 is 26.3. The molecule has 46 heavy (non-hydrogen) atoms. The van der Waals surface area contributed by atoms with Gasteiger partial charge in [-0.25, -0.2) is 4.57 Å². The maximum absolute atomic E-state index is 12.3. The van der Waals surface area contributed by atoms with Crippen LogP contribution in [0.15, 0.2) is 24.8 Å². The number of carbonyl (C=O) groups excluding carboxylic acids is 2. The number of phosphoric ester groups is 1. The highest BCUT2D eigenvalue weighted by molar-refractivity contribution is 7.46. The van der Waals surface area contributed by atoms with E-state index in [1.807, 2.05) is 6.08 Å². The summed E-state index contributed by atoms with van der Waals surface area (Å²) in [5.74, 6) is -0.895. The third-order valence-corrected chi connectivity index (χ3v) is 8.57. The van der Waals surface area contributed by atoms with Crippen LogP contribution in [-0.4, -0.2) is 41.0 Å². The monoisotopic (exact) mass is 672 g/mol. The Kier molecular flexibility index (Phi) is 32.4. The van der Waals surface area contributed by atoms with Gasteiger partial charge in [-0.3, -0.25) is 14.1 Å². The standard InChI is InChI=1S/C37H69O8P/c1-3-5-7-9-11-13-15-17-18-20-21-23-25-27-29-31-36(38)43-33-35(34-44-46(40,41)42)45-37(39)32-30-28-26-24-22-19-16-14-12-10-8-6-4-2/h3,14,16,35H,1,4-13,15,17-34H2,2H3,(H2,40,41,42)/b16-14+/t35-/m1/s1. The van der Waals surface area contributed by atoms with Gasteiger partial charge in [0, 0.05) is 12.8 Å². The lowest BCUT2D eigenvalue weighted by Gasteiger charge is -2.18. The van der Waals surface area contributed by atoms with Crippen LogP contribution in [0.25, 0.3) is 0 Å². The summed E-state index contributed by atoms with van der Waals surface area (Å²) in [5.41, 5.74) is 0. The van der Waals surface area contributed by atoms with E-state index in [1.165, 1.54) is 96.3 Å². The SMILES string of the molecule is C=CCCCCCCCCCCCCCCCC(=O)OC[C@H](COP(=O)(O)O)OC(=O)CCCCCCC/C=C/CCCCCC. The van der Waals surface area contributed by atoms with Gasteiger partial charge in [-0.05, 0) is 51.4 Å². The highest BCUT2D eigenvalue weighted by Gasteiger charge is 2.22. The van der Waals surface area contributed by atoms with Crippen molar-refractivity contribution < 1.29 is 37.9 Å². The molecular weight excluding hydrogens is 603 g/mol. The molecule has 0 unspecified atom stereocenters. The topological polar surface area (TPSA) is 119 Å². The minimum atomic E-state index is -4.75. The number of rotatable bonds is 35. The number of ether oxygens (including phenoxy) is 2. The second kappa shape index (κ2) is 33.4. The summed E-state index contributed by atoms with van der Waals surface area (Å²) in [6.45, 7) is 5.16. The molecule has 8 nitrogen and oxygen atoms in total. The molecular formula is C37H69O8P. The van der Waals surface area contributed by atoms with E-state index < -0.39 is 32.5 Å². The van der Waals surface area contributed by atoms with Crippen molar-refractivity contribution >= 4 is 19.8 Å². The van der Waals surface area contributed by atoms with Crippen LogP contribution in [-0.2, 0) is 28.2 Å². The van der Waals surface area contributed by atoms with E-state index in [2.05, 4.69) is 30.2 Å². The molecule has 9 heteroatoms. The fourth-order valence-corrected chi connectivity index (χ4v) is 5.65. The normalized spacial score (nSPS) is 12.4. The van der Waals surface area contributed by atoms with Crippen molar-refractivity contribution in [2.75, 3.05) is 13.2 Å². The van der Waals surface area contributed by atoms with E-state index in [0.29, 0.717) is 6.42 Å². The van der Waals surface area contributed by atoms with Gasteiger partial charge in [0.15, 0.2) is 6.10 Å². The van der Waals surface area contributed by atoms with Crippen molar-refractivity contribution in [1.82, 2.24) is 0 Å². The van der Waals surface area contributed by atoms with Crippen molar-refractivity contribution in [3.05, 3.63) is 24.8 Å².